The highest BCUT2D eigenvalue weighted by molar-refractivity contribution is 9.10. The molecule has 0 spiro atoms. The quantitative estimate of drug-likeness (QED) is 0.519. The Morgan fingerprint density at radius 3 is 2.89 bits per heavy atom. The number of hydrogen-bond acceptors (Lipinski definition) is 7. The van der Waals surface area contributed by atoms with Crippen molar-refractivity contribution in [2.24, 2.45) is 0 Å². The van der Waals surface area contributed by atoms with Gasteiger partial charge in [-0.1, -0.05) is 52.8 Å². The van der Waals surface area contributed by atoms with E-state index < -0.39 is 6.23 Å². The summed E-state index contributed by atoms with van der Waals surface area (Å²) in [5, 5.41) is 12.8. The third-order valence-corrected chi connectivity index (χ3v) is 5.78. The van der Waals surface area contributed by atoms with Crippen molar-refractivity contribution < 1.29 is 9.47 Å². The minimum atomic E-state index is -0.490. The van der Waals surface area contributed by atoms with Crippen molar-refractivity contribution in [1.82, 2.24) is 15.2 Å². The zero-order chi connectivity index (χ0) is 19.5. The van der Waals surface area contributed by atoms with E-state index in [-0.39, 0.29) is 0 Å². The van der Waals surface area contributed by atoms with Crippen LogP contribution < -0.4 is 14.8 Å². The van der Waals surface area contributed by atoms with Gasteiger partial charge < -0.3 is 14.8 Å². The van der Waals surface area contributed by atoms with Gasteiger partial charge in [-0.15, -0.1) is 10.2 Å². The number of halogens is 1. The van der Waals surface area contributed by atoms with Gasteiger partial charge in [0.15, 0.2) is 5.69 Å². The van der Waals surface area contributed by atoms with E-state index in [0.717, 1.165) is 39.2 Å². The molecule has 0 saturated heterocycles. The van der Waals surface area contributed by atoms with E-state index in [9.17, 15) is 0 Å². The number of para-hydroxylation sites is 1. The summed E-state index contributed by atoms with van der Waals surface area (Å²) in [6.45, 7) is 2.12. The third kappa shape index (κ3) is 3.79. The SMILES string of the molecule is CCCSc1nnc2c(n1)O[C@@H](c1cc(Br)ccc1OC)Nc1ccccc1-2. The summed E-state index contributed by atoms with van der Waals surface area (Å²) in [5.41, 5.74) is 3.29. The number of thioether (sulfide) groups is 1. The van der Waals surface area contributed by atoms with Crippen LogP contribution in [-0.4, -0.2) is 28.0 Å². The largest absolute Gasteiger partial charge is 0.496 e. The predicted molar refractivity (Wildman–Crippen MR) is 114 cm³/mol. The molecule has 1 aliphatic heterocycles. The Hall–Kier alpha value is -2.32. The fourth-order valence-corrected chi connectivity index (χ4v) is 3.96. The highest BCUT2D eigenvalue weighted by Gasteiger charge is 2.28. The van der Waals surface area contributed by atoms with Crippen molar-refractivity contribution >= 4 is 33.4 Å². The molecule has 0 amide bonds. The number of fused-ring (bicyclic) bond motifs is 3. The van der Waals surface area contributed by atoms with E-state index in [1.807, 2.05) is 42.5 Å². The number of ether oxygens (including phenoxy) is 2. The normalized spacial score (nSPS) is 14.9. The summed E-state index contributed by atoms with van der Waals surface area (Å²) in [5.74, 6) is 2.11. The van der Waals surface area contributed by atoms with Gasteiger partial charge in [-0.3, -0.25) is 0 Å². The number of benzene rings is 2. The van der Waals surface area contributed by atoms with E-state index in [4.69, 9.17) is 9.47 Å². The third-order valence-electron chi connectivity index (χ3n) is 4.24. The van der Waals surface area contributed by atoms with Crippen LogP contribution in [0.15, 0.2) is 52.1 Å². The number of methoxy groups -OCH3 is 1. The number of hydrogen-bond donors (Lipinski definition) is 1. The number of anilines is 1. The average molecular weight is 459 g/mol. The Bertz CT molecular complexity index is 1000. The zero-order valence-corrected chi connectivity index (χ0v) is 17.9. The number of nitrogens with one attached hydrogen (secondary N) is 1. The maximum absolute atomic E-state index is 6.30. The molecule has 3 aromatic rings. The first-order valence-electron chi connectivity index (χ1n) is 8.93. The highest BCUT2D eigenvalue weighted by atomic mass is 79.9. The lowest BCUT2D eigenvalue weighted by Gasteiger charge is -2.21. The van der Waals surface area contributed by atoms with Crippen LogP contribution in [0.2, 0.25) is 0 Å². The molecule has 0 bridgehead atoms. The van der Waals surface area contributed by atoms with E-state index in [2.05, 4.69) is 43.4 Å². The molecule has 6 nitrogen and oxygen atoms in total. The monoisotopic (exact) mass is 458 g/mol. The van der Waals surface area contributed by atoms with Crippen molar-refractivity contribution in [3.63, 3.8) is 0 Å². The van der Waals surface area contributed by atoms with Gasteiger partial charge in [0.1, 0.15) is 5.75 Å². The lowest BCUT2D eigenvalue weighted by atomic mass is 10.1. The van der Waals surface area contributed by atoms with E-state index in [1.54, 1.807) is 18.9 Å². The molecule has 8 heteroatoms. The second-order valence-corrected chi connectivity index (χ2v) is 8.15. The molecule has 2 heterocycles. The summed E-state index contributed by atoms with van der Waals surface area (Å²) in [6, 6.07) is 13.7. The van der Waals surface area contributed by atoms with Crippen molar-refractivity contribution in [2.45, 2.75) is 24.7 Å². The maximum atomic E-state index is 6.30. The molecule has 144 valence electrons. The Labute approximate surface area is 176 Å². The fraction of sp³-hybridized carbons (Fsp3) is 0.250. The summed E-state index contributed by atoms with van der Waals surface area (Å²) in [6.07, 6.45) is 0.546. The van der Waals surface area contributed by atoms with Gasteiger partial charge >= 0.3 is 0 Å². The summed E-state index contributed by atoms with van der Waals surface area (Å²) in [4.78, 5) is 4.64. The molecular formula is C20H19BrN4O2S. The molecule has 1 atom stereocenters. The van der Waals surface area contributed by atoms with Gasteiger partial charge in [-0.2, -0.15) is 4.98 Å². The first kappa shape index (κ1) is 19.0. The summed E-state index contributed by atoms with van der Waals surface area (Å²) in [7, 11) is 1.65. The molecule has 0 radical (unpaired) electrons. The van der Waals surface area contributed by atoms with Crippen LogP contribution in [-0.2, 0) is 0 Å². The lowest BCUT2D eigenvalue weighted by molar-refractivity contribution is 0.219. The van der Waals surface area contributed by atoms with Gasteiger partial charge in [0, 0.05) is 21.5 Å². The molecular weight excluding hydrogens is 440 g/mol. The van der Waals surface area contributed by atoms with E-state index in [1.165, 1.54) is 0 Å². The Balaban J connectivity index is 1.82. The lowest BCUT2D eigenvalue weighted by Crippen LogP contribution is -2.18. The highest BCUT2D eigenvalue weighted by Crippen LogP contribution is 2.41. The number of rotatable bonds is 5. The van der Waals surface area contributed by atoms with Gasteiger partial charge in [0.25, 0.3) is 0 Å². The molecule has 1 N–H and O–H groups in total. The molecule has 0 fully saturated rings. The van der Waals surface area contributed by atoms with Crippen molar-refractivity contribution in [1.29, 1.82) is 0 Å². The molecule has 0 saturated carbocycles. The first-order chi connectivity index (χ1) is 13.7. The maximum Gasteiger partial charge on any atom is 0.247 e. The Morgan fingerprint density at radius 1 is 1.21 bits per heavy atom. The molecule has 1 aromatic heterocycles. The smallest absolute Gasteiger partial charge is 0.247 e. The molecule has 0 unspecified atom stereocenters. The predicted octanol–water partition coefficient (Wildman–Crippen LogP) is 5.31. The van der Waals surface area contributed by atoms with E-state index >= 15 is 0 Å². The Morgan fingerprint density at radius 2 is 2.07 bits per heavy atom. The molecule has 4 rings (SSSR count). The van der Waals surface area contributed by atoms with Crippen LogP contribution >= 0.6 is 27.7 Å². The minimum absolute atomic E-state index is 0.457. The molecule has 1 aliphatic rings. The zero-order valence-electron chi connectivity index (χ0n) is 15.5. The van der Waals surface area contributed by atoms with Crippen LogP contribution in [0.1, 0.15) is 25.1 Å². The van der Waals surface area contributed by atoms with Gasteiger partial charge in [-0.05, 0) is 30.7 Å². The second-order valence-electron chi connectivity index (χ2n) is 6.17. The van der Waals surface area contributed by atoms with Crippen molar-refractivity contribution in [2.75, 3.05) is 18.2 Å². The molecule has 0 aliphatic carbocycles. The van der Waals surface area contributed by atoms with Crippen LogP contribution in [0.25, 0.3) is 11.3 Å². The number of aromatic nitrogens is 3. The second kappa shape index (κ2) is 8.36. The van der Waals surface area contributed by atoms with Crippen LogP contribution in [0.5, 0.6) is 11.6 Å². The topological polar surface area (TPSA) is 69.2 Å². The van der Waals surface area contributed by atoms with E-state index in [0.29, 0.717) is 16.7 Å². The van der Waals surface area contributed by atoms with Crippen molar-refractivity contribution in [3.8, 4) is 22.9 Å². The standard InChI is InChI=1S/C20H19BrN4O2S/c1-3-10-28-20-23-19-17(24-25-20)13-6-4-5-7-15(13)22-18(27-19)14-11-12(21)8-9-16(14)26-2/h4-9,11,18,22H,3,10H2,1-2H3/t18-/m0/s1. The first-order valence-corrected chi connectivity index (χ1v) is 10.7. The van der Waals surface area contributed by atoms with Crippen LogP contribution in [0.4, 0.5) is 5.69 Å². The average Bonchev–Trinajstić information content (AvgIpc) is 2.88. The van der Waals surface area contributed by atoms with Gasteiger partial charge in [0.2, 0.25) is 17.3 Å². The van der Waals surface area contributed by atoms with Gasteiger partial charge in [0.05, 0.1) is 12.7 Å². The number of nitrogens with zero attached hydrogens (tertiary/aromatic N) is 3. The summed E-state index contributed by atoms with van der Waals surface area (Å²) < 4.78 is 12.8. The Kier molecular flexibility index (Phi) is 5.68. The van der Waals surface area contributed by atoms with Gasteiger partial charge in [-0.25, -0.2) is 0 Å². The van der Waals surface area contributed by atoms with Crippen LogP contribution in [0, 0.1) is 0 Å². The summed E-state index contributed by atoms with van der Waals surface area (Å²) >= 11 is 5.11. The molecule has 28 heavy (non-hydrogen) atoms. The van der Waals surface area contributed by atoms with Crippen LogP contribution in [0.3, 0.4) is 0 Å². The minimum Gasteiger partial charge on any atom is -0.496 e. The fourth-order valence-electron chi connectivity index (χ4n) is 2.95. The molecule has 2 aromatic carbocycles. The van der Waals surface area contributed by atoms with Crippen molar-refractivity contribution in [3.05, 3.63) is 52.5 Å².